The summed E-state index contributed by atoms with van der Waals surface area (Å²) in [5.41, 5.74) is 7.40. The van der Waals surface area contributed by atoms with E-state index in [4.69, 9.17) is 10.5 Å². The smallest absolute Gasteiger partial charge is 0.309 e. The zero-order valence-corrected chi connectivity index (χ0v) is 22.7. The van der Waals surface area contributed by atoms with E-state index in [2.05, 4.69) is 20.3 Å². The Hall–Kier alpha value is -3.50. The van der Waals surface area contributed by atoms with Gasteiger partial charge >= 0.3 is 5.97 Å². The summed E-state index contributed by atoms with van der Waals surface area (Å²) in [4.78, 5) is 25.8. The summed E-state index contributed by atoms with van der Waals surface area (Å²) in [6.45, 7) is 3.70. The number of hydrogen-bond acceptors (Lipinski definition) is 8. The number of esters is 1. The van der Waals surface area contributed by atoms with Crippen LogP contribution in [0.2, 0.25) is 0 Å². The quantitative estimate of drug-likeness (QED) is 0.310. The summed E-state index contributed by atoms with van der Waals surface area (Å²) in [7, 11) is 0. The lowest BCUT2D eigenvalue weighted by Gasteiger charge is -2.38. The van der Waals surface area contributed by atoms with Crippen molar-refractivity contribution in [2.45, 2.75) is 76.5 Å². The Balaban J connectivity index is 1.23. The molecule has 0 bridgehead atoms. The number of nitrogens with one attached hydrogen (secondary N) is 1. The molecule has 0 amide bonds. The molecule has 3 aromatic heterocycles. The van der Waals surface area contributed by atoms with E-state index in [-0.39, 0.29) is 41.3 Å². The lowest BCUT2D eigenvalue weighted by molar-refractivity contribution is -0.161. The minimum atomic E-state index is -2.59. The van der Waals surface area contributed by atoms with E-state index < -0.39 is 12.0 Å². The SMILES string of the molecule is Cc1cc(Nc2cc(C(F)F)ccn2)nc(-c2ccc([C@](C)(O)[C@H]3CC[C@H](C(=O)O[C@H]4C[C@H](N)C4)CC3)nc2)c1. The van der Waals surface area contributed by atoms with E-state index in [0.29, 0.717) is 42.9 Å². The first kappa shape index (κ1) is 28.0. The van der Waals surface area contributed by atoms with Gasteiger partial charge in [0.2, 0.25) is 0 Å². The lowest BCUT2D eigenvalue weighted by Crippen LogP contribution is -2.44. The molecule has 0 saturated heterocycles. The van der Waals surface area contributed by atoms with Gasteiger partial charge in [0.25, 0.3) is 6.43 Å². The van der Waals surface area contributed by atoms with E-state index in [1.54, 1.807) is 25.3 Å². The number of aliphatic hydroxyl groups is 1. The molecule has 1 atom stereocenters. The number of anilines is 2. The molecule has 2 fully saturated rings. The largest absolute Gasteiger partial charge is 0.462 e. The van der Waals surface area contributed by atoms with Gasteiger partial charge in [0, 0.05) is 29.6 Å². The fourth-order valence-electron chi connectivity index (χ4n) is 5.57. The van der Waals surface area contributed by atoms with E-state index in [0.717, 1.165) is 24.0 Å². The number of nitrogens with two attached hydrogens (primary N) is 1. The van der Waals surface area contributed by atoms with Crippen LogP contribution in [0.15, 0.2) is 48.8 Å². The Labute approximate surface area is 232 Å². The van der Waals surface area contributed by atoms with Crippen LogP contribution < -0.4 is 11.1 Å². The first-order valence-corrected chi connectivity index (χ1v) is 13.7. The highest BCUT2D eigenvalue weighted by Crippen LogP contribution is 2.41. The van der Waals surface area contributed by atoms with Crippen LogP contribution in [0.3, 0.4) is 0 Å². The number of aryl methyl sites for hydroxylation is 1. The van der Waals surface area contributed by atoms with Gasteiger partial charge in [0.15, 0.2) is 0 Å². The molecule has 0 aromatic carbocycles. The summed E-state index contributed by atoms with van der Waals surface area (Å²) in [6.07, 6.45) is 4.60. The molecular weight excluding hydrogens is 516 g/mol. The van der Waals surface area contributed by atoms with E-state index in [1.807, 2.05) is 19.1 Å². The fourth-order valence-corrected chi connectivity index (χ4v) is 5.57. The van der Waals surface area contributed by atoms with Crippen LogP contribution in [0.5, 0.6) is 0 Å². The third kappa shape index (κ3) is 6.28. The van der Waals surface area contributed by atoms with Gasteiger partial charge in [-0.15, -0.1) is 0 Å². The van der Waals surface area contributed by atoms with Crippen molar-refractivity contribution in [1.29, 1.82) is 0 Å². The Kier molecular flexibility index (Phi) is 8.09. The molecule has 10 heteroatoms. The van der Waals surface area contributed by atoms with Crippen molar-refractivity contribution in [2.24, 2.45) is 17.6 Å². The Morgan fingerprint density at radius 2 is 1.85 bits per heavy atom. The molecule has 8 nitrogen and oxygen atoms in total. The molecule has 0 spiro atoms. The second-order valence-corrected chi connectivity index (χ2v) is 11.2. The molecule has 0 aliphatic heterocycles. The number of carbonyl (C=O) groups is 1. The molecule has 0 unspecified atom stereocenters. The minimum Gasteiger partial charge on any atom is -0.462 e. The van der Waals surface area contributed by atoms with Crippen molar-refractivity contribution in [3.05, 3.63) is 65.6 Å². The van der Waals surface area contributed by atoms with Crippen LogP contribution in [0.1, 0.15) is 68.7 Å². The number of halogens is 2. The molecule has 3 aromatic rings. The summed E-state index contributed by atoms with van der Waals surface area (Å²) >= 11 is 0. The predicted octanol–water partition coefficient (Wildman–Crippen LogP) is 5.58. The molecule has 2 saturated carbocycles. The van der Waals surface area contributed by atoms with Crippen LogP contribution in [0.4, 0.5) is 20.4 Å². The van der Waals surface area contributed by atoms with Gasteiger partial charge in [-0.1, -0.05) is 0 Å². The number of aromatic nitrogens is 3. The van der Waals surface area contributed by atoms with Crippen LogP contribution in [-0.2, 0) is 15.1 Å². The van der Waals surface area contributed by atoms with Crippen molar-refractivity contribution < 1.29 is 23.4 Å². The Bertz CT molecular complexity index is 1340. The van der Waals surface area contributed by atoms with Crippen LogP contribution >= 0.6 is 0 Å². The Morgan fingerprint density at radius 3 is 2.50 bits per heavy atom. The number of ether oxygens (including phenoxy) is 1. The highest BCUT2D eigenvalue weighted by Gasteiger charge is 2.40. The predicted molar refractivity (Wildman–Crippen MR) is 147 cm³/mol. The van der Waals surface area contributed by atoms with Gasteiger partial charge in [0.05, 0.1) is 17.3 Å². The molecule has 5 rings (SSSR count). The van der Waals surface area contributed by atoms with Crippen molar-refractivity contribution >= 4 is 17.6 Å². The molecular formula is C30H35F2N5O3. The second kappa shape index (κ2) is 11.5. The normalized spacial score (nSPS) is 24.2. The van der Waals surface area contributed by atoms with Crippen LogP contribution in [0.25, 0.3) is 11.3 Å². The van der Waals surface area contributed by atoms with E-state index in [1.165, 1.54) is 18.3 Å². The van der Waals surface area contributed by atoms with Gasteiger partial charge in [-0.3, -0.25) is 9.78 Å². The van der Waals surface area contributed by atoms with Gasteiger partial charge in [-0.05, 0) is 100 Å². The number of nitrogens with zero attached hydrogens (tertiary/aromatic N) is 3. The summed E-state index contributed by atoms with van der Waals surface area (Å²) in [5, 5.41) is 14.5. The van der Waals surface area contributed by atoms with Crippen molar-refractivity contribution in [1.82, 2.24) is 15.0 Å². The molecule has 212 valence electrons. The Morgan fingerprint density at radius 1 is 1.10 bits per heavy atom. The maximum absolute atomic E-state index is 13.1. The second-order valence-electron chi connectivity index (χ2n) is 11.2. The topological polar surface area (TPSA) is 123 Å². The maximum Gasteiger partial charge on any atom is 0.309 e. The molecule has 40 heavy (non-hydrogen) atoms. The third-order valence-corrected chi connectivity index (χ3v) is 8.11. The van der Waals surface area contributed by atoms with Crippen LogP contribution in [0, 0.1) is 18.8 Å². The van der Waals surface area contributed by atoms with E-state index >= 15 is 0 Å². The summed E-state index contributed by atoms with van der Waals surface area (Å²) in [5.74, 6) is 0.440. The van der Waals surface area contributed by atoms with Gasteiger partial charge in [0.1, 0.15) is 23.3 Å². The standard InChI is InChI=1S/C30H35F2N5O3/c1-17-11-24(36-27(12-17)37-26-13-19(28(31)32)9-10-34-26)20-5-8-25(35-16-20)30(2,39)21-6-3-18(4-7-21)29(38)40-23-14-22(33)15-23/h5,8-13,16,18,21-23,28,39H,3-4,6-7,14-15,33H2,1-2H3,(H,34,36,37)/t18-,21-,22-,23-,30-/m1/s1. The average Bonchev–Trinajstić information content (AvgIpc) is 2.92. The highest BCUT2D eigenvalue weighted by molar-refractivity contribution is 5.72. The monoisotopic (exact) mass is 551 g/mol. The maximum atomic E-state index is 13.1. The molecule has 2 aliphatic rings. The first-order valence-electron chi connectivity index (χ1n) is 13.7. The van der Waals surface area contributed by atoms with Crippen molar-refractivity contribution in [2.75, 3.05) is 5.32 Å². The number of pyridine rings is 3. The van der Waals surface area contributed by atoms with Crippen molar-refractivity contribution in [3.8, 4) is 11.3 Å². The summed E-state index contributed by atoms with van der Waals surface area (Å²) in [6, 6.07) is 10.1. The van der Waals surface area contributed by atoms with Gasteiger partial charge < -0.3 is 20.9 Å². The number of carbonyl (C=O) groups excluding carboxylic acids is 1. The number of alkyl halides is 2. The number of rotatable bonds is 8. The molecule has 4 N–H and O–H groups in total. The van der Waals surface area contributed by atoms with E-state index in [9.17, 15) is 18.7 Å². The zero-order valence-electron chi connectivity index (χ0n) is 22.7. The lowest BCUT2D eigenvalue weighted by atomic mass is 9.72. The average molecular weight is 552 g/mol. The summed E-state index contributed by atoms with van der Waals surface area (Å²) < 4.78 is 31.7. The molecule has 0 radical (unpaired) electrons. The molecule has 2 aliphatic carbocycles. The minimum absolute atomic E-state index is 0.0311. The third-order valence-electron chi connectivity index (χ3n) is 8.11. The fraction of sp³-hybridized carbons (Fsp3) is 0.467. The van der Waals surface area contributed by atoms with Crippen molar-refractivity contribution in [3.63, 3.8) is 0 Å². The number of hydrogen-bond donors (Lipinski definition) is 3. The van der Waals surface area contributed by atoms with Gasteiger partial charge in [-0.25, -0.2) is 18.7 Å². The highest BCUT2D eigenvalue weighted by atomic mass is 19.3. The molecule has 3 heterocycles. The van der Waals surface area contributed by atoms with Crippen LogP contribution in [-0.4, -0.2) is 38.2 Å². The zero-order chi connectivity index (χ0) is 28.4. The first-order chi connectivity index (χ1) is 19.1. The van der Waals surface area contributed by atoms with Gasteiger partial charge in [-0.2, -0.15) is 0 Å².